The van der Waals surface area contributed by atoms with Gasteiger partial charge in [0, 0.05) is 26.2 Å². The molecule has 1 aliphatic heterocycles. The Hall–Kier alpha value is -1.66. The van der Waals surface area contributed by atoms with Gasteiger partial charge in [-0.3, -0.25) is 9.69 Å². The van der Waals surface area contributed by atoms with Gasteiger partial charge >= 0.3 is 6.18 Å². The van der Waals surface area contributed by atoms with E-state index in [1.54, 1.807) is 11.8 Å². The van der Waals surface area contributed by atoms with Gasteiger partial charge in [0.15, 0.2) is 0 Å². The highest BCUT2D eigenvalue weighted by molar-refractivity contribution is 7.91. The summed E-state index contributed by atoms with van der Waals surface area (Å²) in [6.07, 6.45) is -4.59. The van der Waals surface area contributed by atoms with Crippen molar-refractivity contribution in [3.05, 3.63) is 46.3 Å². The minimum absolute atomic E-state index is 0.149. The highest BCUT2D eigenvalue weighted by Crippen LogP contribution is 2.34. The lowest BCUT2D eigenvalue weighted by molar-refractivity contribution is -0.137. The molecule has 0 saturated carbocycles. The molecule has 2 aromatic rings. The normalized spacial score (nSPS) is 17.6. The number of hydrogen-bond donors (Lipinski definition) is 1. The number of benzene rings is 1. The van der Waals surface area contributed by atoms with E-state index >= 15 is 0 Å². The molecule has 1 N–H and O–H groups in total. The lowest BCUT2D eigenvalue weighted by atomic mass is 10.1. The minimum atomic E-state index is -4.59. The van der Waals surface area contributed by atoms with Crippen molar-refractivity contribution in [2.45, 2.75) is 23.4 Å². The molecule has 6 nitrogen and oxygen atoms in total. The predicted molar refractivity (Wildman–Crippen MR) is 109 cm³/mol. The second-order valence-corrected chi connectivity index (χ2v) is 10.6. The number of nitrogens with one attached hydrogen (secondary N) is 1. The predicted octanol–water partition coefficient (Wildman–Crippen LogP) is 3.75. The summed E-state index contributed by atoms with van der Waals surface area (Å²) in [5.41, 5.74) is -1.23. The number of halogens is 4. The smallest absolute Gasteiger partial charge is 0.324 e. The third-order valence-electron chi connectivity index (χ3n) is 4.83. The Balaban J connectivity index is 1.63. The van der Waals surface area contributed by atoms with Crippen molar-refractivity contribution < 1.29 is 26.4 Å². The zero-order valence-corrected chi connectivity index (χ0v) is 18.2. The molecule has 1 aromatic carbocycles. The Labute approximate surface area is 181 Å². The van der Waals surface area contributed by atoms with Crippen LogP contribution in [0.1, 0.15) is 12.5 Å². The maximum absolute atomic E-state index is 13.1. The molecule has 1 aromatic heterocycles. The molecule has 12 heteroatoms. The van der Waals surface area contributed by atoms with Crippen LogP contribution in [0.2, 0.25) is 4.34 Å². The fourth-order valence-electron chi connectivity index (χ4n) is 3.14. The van der Waals surface area contributed by atoms with Crippen LogP contribution in [-0.2, 0) is 21.0 Å². The van der Waals surface area contributed by atoms with Crippen LogP contribution in [0.25, 0.3) is 0 Å². The van der Waals surface area contributed by atoms with Crippen LogP contribution < -0.4 is 5.32 Å². The van der Waals surface area contributed by atoms with E-state index in [1.807, 2.05) is 0 Å². The summed E-state index contributed by atoms with van der Waals surface area (Å²) >= 11 is 6.79. The number of piperazine rings is 1. The van der Waals surface area contributed by atoms with Crippen LogP contribution in [-0.4, -0.2) is 55.8 Å². The largest absolute Gasteiger partial charge is 0.418 e. The molecule has 0 aliphatic carbocycles. The molecule has 0 bridgehead atoms. The zero-order chi connectivity index (χ0) is 22.1. The summed E-state index contributed by atoms with van der Waals surface area (Å²) in [5.74, 6) is -0.590. The summed E-state index contributed by atoms with van der Waals surface area (Å²) in [5, 5.41) is 2.34. The SMILES string of the molecule is CC(C(=O)Nc1ccccc1C(F)(F)F)N1CCN(S(=O)(=O)c2ccc(Cl)s2)CC1. The molecule has 0 radical (unpaired) electrons. The Morgan fingerprint density at radius 3 is 2.33 bits per heavy atom. The number of carbonyl (C=O) groups is 1. The van der Waals surface area contributed by atoms with E-state index in [4.69, 9.17) is 11.6 Å². The van der Waals surface area contributed by atoms with Crippen molar-refractivity contribution in [3.63, 3.8) is 0 Å². The molecule has 1 unspecified atom stereocenters. The highest BCUT2D eigenvalue weighted by atomic mass is 35.5. The lowest BCUT2D eigenvalue weighted by Gasteiger charge is -2.36. The molecule has 0 spiro atoms. The van der Waals surface area contributed by atoms with Gasteiger partial charge in [-0.25, -0.2) is 8.42 Å². The van der Waals surface area contributed by atoms with Gasteiger partial charge in [-0.2, -0.15) is 17.5 Å². The monoisotopic (exact) mass is 481 g/mol. The van der Waals surface area contributed by atoms with Gasteiger partial charge in [-0.05, 0) is 31.2 Å². The first kappa shape index (κ1) is 23.0. The number of rotatable bonds is 5. The molecule has 1 atom stereocenters. The van der Waals surface area contributed by atoms with E-state index in [2.05, 4.69) is 5.32 Å². The number of hydrogen-bond acceptors (Lipinski definition) is 5. The average molecular weight is 482 g/mol. The van der Waals surface area contributed by atoms with E-state index in [9.17, 15) is 26.4 Å². The fraction of sp³-hybridized carbons (Fsp3) is 0.389. The lowest BCUT2D eigenvalue weighted by Crippen LogP contribution is -2.53. The third kappa shape index (κ3) is 4.97. The number of carbonyl (C=O) groups excluding carboxylic acids is 1. The summed E-state index contributed by atoms with van der Waals surface area (Å²) in [6, 6.07) is 7.00. The van der Waals surface area contributed by atoms with Crippen LogP contribution in [0, 0.1) is 0 Å². The summed E-state index contributed by atoms with van der Waals surface area (Å²) in [6.45, 7) is 2.44. The van der Waals surface area contributed by atoms with Crippen molar-refractivity contribution in [1.29, 1.82) is 0 Å². The number of thiophene rings is 1. The van der Waals surface area contributed by atoms with Crippen molar-refractivity contribution in [2.24, 2.45) is 0 Å². The number of sulfonamides is 1. The fourth-order valence-corrected chi connectivity index (χ4v) is 6.20. The first-order valence-electron chi connectivity index (χ1n) is 8.97. The minimum Gasteiger partial charge on any atom is -0.324 e. The number of amides is 1. The van der Waals surface area contributed by atoms with E-state index in [0.29, 0.717) is 4.34 Å². The summed E-state index contributed by atoms with van der Waals surface area (Å²) < 4.78 is 66.5. The number of nitrogens with zero attached hydrogens (tertiary/aromatic N) is 2. The van der Waals surface area contributed by atoms with Gasteiger partial charge in [0.1, 0.15) is 4.21 Å². The van der Waals surface area contributed by atoms with Crippen LogP contribution in [0.4, 0.5) is 18.9 Å². The van der Waals surface area contributed by atoms with Crippen molar-refractivity contribution in [3.8, 4) is 0 Å². The molecule has 1 saturated heterocycles. The molecule has 1 aliphatic rings. The maximum Gasteiger partial charge on any atom is 0.418 e. The average Bonchev–Trinajstić information content (AvgIpc) is 3.14. The number of anilines is 1. The topological polar surface area (TPSA) is 69.7 Å². The molecule has 1 amide bonds. The number of alkyl halides is 3. The van der Waals surface area contributed by atoms with E-state index in [0.717, 1.165) is 17.4 Å². The molecule has 30 heavy (non-hydrogen) atoms. The molecular formula is C18H19ClF3N3O3S2. The quantitative estimate of drug-likeness (QED) is 0.706. The van der Waals surface area contributed by atoms with Gasteiger partial charge in [0.2, 0.25) is 5.91 Å². The number of para-hydroxylation sites is 1. The highest BCUT2D eigenvalue weighted by Gasteiger charge is 2.35. The van der Waals surface area contributed by atoms with Gasteiger partial charge in [-0.1, -0.05) is 23.7 Å². The summed E-state index contributed by atoms with van der Waals surface area (Å²) in [4.78, 5) is 14.3. The third-order valence-corrected chi connectivity index (χ3v) is 8.43. The second-order valence-electron chi connectivity index (χ2n) is 6.71. The maximum atomic E-state index is 13.1. The van der Waals surface area contributed by atoms with Gasteiger partial charge in [0.25, 0.3) is 10.0 Å². The van der Waals surface area contributed by atoms with Crippen LogP contribution >= 0.6 is 22.9 Å². The van der Waals surface area contributed by atoms with E-state index in [1.165, 1.54) is 34.6 Å². The van der Waals surface area contributed by atoms with Crippen molar-refractivity contribution in [1.82, 2.24) is 9.21 Å². The molecule has 2 heterocycles. The van der Waals surface area contributed by atoms with Crippen molar-refractivity contribution in [2.75, 3.05) is 31.5 Å². The standard InChI is InChI=1S/C18H19ClF3N3O3S2/c1-12(17(26)23-14-5-3-2-4-13(14)18(20,21)22)24-8-10-25(11-9-24)30(27,28)16-7-6-15(19)29-16/h2-7,12H,8-11H2,1H3,(H,23,26). The van der Waals surface area contributed by atoms with E-state index in [-0.39, 0.29) is 36.1 Å². The van der Waals surface area contributed by atoms with Crippen molar-refractivity contribution >= 4 is 44.6 Å². The Bertz CT molecular complexity index is 1020. The Kier molecular flexibility index (Phi) is 6.78. The van der Waals surface area contributed by atoms with Gasteiger partial charge in [0.05, 0.1) is 21.6 Å². The van der Waals surface area contributed by atoms with Gasteiger partial charge < -0.3 is 5.32 Å². The van der Waals surface area contributed by atoms with Crippen LogP contribution in [0.3, 0.4) is 0 Å². The molecular weight excluding hydrogens is 463 g/mol. The molecule has 3 rings (SSSR count). The van der Waals surface area contributed by atoms with Gasteiger partial charge in [-0.15, -0.1) is 11.3 Å². The van der Waals surface area contributed by atoms with E-state index < -0.39 is 33.7 Å². The van der Waals surface area contributed by atoms with Crippen LogP contribution in [0.5, 0.6) is 0 Å². The first-order valence-corrected chi connectivity index (χ1v) is 11.6. The summed E-state index contributed by atoms with van der Waals surface area (Å²) in [7, 11) is -3.67. The molecule has 164 valence electrons. The zero-order valence-electron chi connectivity index (χ0n) is 15.8. The Morgan fingerprint density at radius 1 is 1.13 bits per heavy atom. The Morgan fingerprint density at radius 2 is 1.77 bits per heavy atom. The second kappa shape index (κ2) is 8.83. The molecule has 1 fully saturated rings. The van der Waals surface area contributed by atoms with Crippen LogP contribution in [0.15, 0.2) is 40.6 Å². The first-order chi connectivity index (χ1) is 14.0.